The van der Waals surface area contributed by atoms with E-state index in [0.29, 0.717) is 36.2 Å². The summed E-state index contributed by atoms with van der Waals surface area (Å²) in [5.41, 5.74) is 2.84. The molecular weight excluding hydrogens is 464 g/mol. The first kappa shape index (κ1) is 21.6. The van der Waals surface area contributed by atoms with Crippen LogP contribution in [0.4, 0.5) is 10.5 Å². The second-order valence-electron chi connectivity index (χ2n) is 7.94. The van der Waals surface area contributed by atoms with Crippen LogP contribution in [-0.4, -0.2) is 54.9 Å². The number of carbonyl (C=O) groups excluding carboxylic acids is 1. The molecule has 0 bridgehead atoms. The van der Waals surface area contributed by atoms with E-state index in [2.05, 4.69) is 6.07 Å². The lowest BCUT2D eigenvalue weighted by atomic mass is 10.1. The molecule has 0 radical (unpaired) electrons. The number of carbonyl (C=O) groups is 2. The molecule has 3 aromatic rings. The highest BCUT2D eigenvalue weighted by molar-refractivity contribution is 7.17. The van der Waals surface area contributed by atoms with Gasteiger partial charge >= 0.3 is 6.09 Å². The molecule has 0 unspecified atom stereocenters. The summed E-state index contributed by atoms with van der Waals surface area (Å²) in [7, 11) is 1.55. The van der Waals surface area contributed by atoms with Gasteiger partial charge in [-0.1, -0.05) is 23.7 Å². The van der Waals surface area contributed by atoms with Crippen LogP contribution in [0.2, 0.25) is 5.02 Å². The third-order valence-electron chi connectivity index (χ3n) is 5.85. The van der Waals surface area contributed by atoms with E-state index in [4.69, 9.17) is 26.2 Å². The summed E-state index contributed by atoms with van der Waals surface area (Å²) in [6, 6.07) is 15.1. The number of ether oxygens (including phenoxy) is 2. The molecule has 0 aliphatic carbocycles. The van der Waals surface area contributed by atoms with E-state index in [1.165, 1.54) is 16.2 Å². The van der Waals surface area contributed by atoms with Gasteiger partial charge in [0.05, 0.1) is 25.1 Å². The van der Waals surface area contributed by atoms with E-state index < -0.39 is 6.09 Å². The fraction of sp³-hybridized carbons (Fsp3) is 0.250. The molecule has 7 nitrogen and oxygen atoms in total. The lowest BCUT2D eigenvalue weighted by molar-refractivity contribution is 0.0239. The van der Waals surface area contributed by atoms with E-state index in [9.17, 15) is 9.59 Å². The largest absolute Gasteiger partial charge is 0.493 e. The van der Waals surface area contributed by atoms with E-state index in [1.807, 2.05) is 30.3 Å². The Morgan fingerprint density at radius 1 is 1.12 bits per heavy atom. The monoisotopic (exact) mass is 484 g/mol. The maximum Gasteiger partial charge on any atom is 0.407 e. The number of nitrogens with zero attached hydrogens (tertiary/aromatic N) is 2. The van der Waals surface area contributed by atoms with Gasteiger partial charge in [0.1, 0.15) is 6.10 Å². The van der Waals surface area contributed by atoms with Gasteiger partial charge in [-0.15, -0.1) is 11.3 Å². The molecule has 5 rings (SSSR count). The summed E-state index contributed by atoms with van der Waals surface area (Å²) in [6.07, 6.45) is -0.399. The van der Waals surface area contributed by atoms with Gasteiger partial charge in [-0.3, -0.25) is 4.79 Å². The topological polar surface area (TPSA) is 79.3 Å². The second kappa shape index (κ2) is 8.61. The molecule has 2 amide bonds. The summed E-state index contributed by atoms with van der Waals surface area (Å²) >= 11 is 7.49. The van der Waals surface area contributed by atoms with Crippen molar-refractivity contribution in [2.45, 2.75) is 12.5 Å². The quantitative estimate of drug-likeness (QED) is 0.550. The van der Waals surface area contributed by atoms with Crippen molar-refractivity contribution in [2.75, 3.05) is 31.6 Å². The Morgan fingerprint density at radius 3 is 2.58 bits per heavy atom. The molecule has 3 heterocycles. The van der Waals surface area contributed by atoms with Crippen LogP contribution in [0.1, 0.15) is 15.2 Å². The predicted octanol–water partition coefficient (Wildman–Crippen LogP) is 5.02. The van der Waals surface area contributed by atoms with Crippen molar-refractivity contribution < 1.29 is 24.2 Å². The number of hydrogen-bond acceptors (Lipinski definition) is 5. The lowest BCUT2D eigenvalue weighted by Crippen LogP contribution is -2.55. The number of carboxylic acid groups (broad SMARTS) is 1. The van der Waals surface area contributed by atoms with Crippen LogP contribution in [0.25, 0.3) is 10.4 Å². The van der Waals surface area contributed by atoms with E-state index in [0.717, 1.165) is 33.0 Å². The minimum atomic E-state index is -0.951. The standard InChI is InChI=1S/C24H21ClN2O5S/c1-31-20-11-17(6-7-19(20)32-18-12-26(13-18)24(29)30)27-9-8-15-10-21(33-22(15)23(27)28)14-2-4-16(25)5-3-14/h2-7,10-11,18H,8-9,12-13H2,1H3,(H,29,30). The first-order valence-corrected chi connectivity index (χ1v) is 11.7. The van der Waals surface area contributed by atoms with Gasteiger partial charge in [0, 0.05) is 28.2 Å². The molecule has 2 aliphatic heterocycles. The molecule has 0 atom stereocenters. The van der Waals surface area contributed by atoms with Gasteiger partial charge in [-0.05, 0) is 47.9 Å². The van der Waals surface area contributed by atoms with Crippen LogP contribution in [0, 0.1) is 0 Å². The molecule has 0 spiro atoms. The number of likely N-dealkylation sites (tertiary alicyclic amines) is 1. The molecule has 2 aromatic carbocycles. The Bertz CT molecular complexity index is 1220. The molecule has 1 N–H and O–H groups in total. The molecule has 1 fully saturated rings. The second-order valence-corrected chi connectivity index (χ2v) is 9.43. The van der Waals surface area contributed by atoms with Crippen LogP contribution in [0.15, 0.2) is 48.5 Å². The Kier molecular flexibility index (Phi) is 5.64. The summed E-state index contributed by atoms with van der Waals surface area (Å²) in [4.78, 5) is 29.1. The third kappa shape index (κ3) is 4.12. The van der Waals surface area contributed by atoms with Gasteiger partial charge < -0.3 is 24.4 Å². The SMILES string of the molecule is COc1cc(N2CCc3cc(-c4ccc(Cl)cc4)sc3C2=O)ccc1OC1CN(C(=O)O)C1. The van der Waals surface area contributed by atoms with Crippen molar-refractivity contribution in [3.05, 3.63) is 64.0 Å². The van der Waals surface area contributed by atoms with Crippen LogP contribution >= 0.6 is 22.9 Å². The Labute approximate surface area is 199 Å². The van der Waals surface area contributed by atoms with E-state index in [-0.39, 0.29) is 12.0 Å². The van der Waals surface area contributed by atoms with Crippen molar-refractivity contribution in [1.29, 1.82) is 0 Å². The number of halogens is 1. The van der Waals surface area contributed by atoms with Crippen LogP contribution < -0.4 is 14.4 Å². The maximum absolute atomic E-state index is 13.3. The van der Waals surface area contributed by atoms with Crippen LogP contribution in [0.5, 0.6) is 11.5 Å². The van der Waals surface area contributed by atoms with Gasteiger partial charge in [-0.25, -0.2) is 4.79 Å². The van der Waals surface area contributed by atoms with E-state index in [1.54, 1.807) is 24.1 Å². The van der Waals surface area contributed by atoms with Gasteiger partial charge in [0.15, 0.2) is 11.5 Å². The van der Waals surface area contributed by atoms with E-state index >= 15 is 0 Å². The minimum Gasteiger partial charge on any atom is -0.493 e. The summed E-state index contributed by atoms with van der Waals surface area (Å²) < 4.78 is 11.4. The van der Waals surface area contributed by atoms with Crippen LogP contribution in [-0.2, 0) is 6.42 Å². The Morgan fingerprint density at radius 2 is 1.88 bits per heavy atom. The number of benzene rings is 2. The number of thiophene rings is 1. The zero-order valence-corrected chi connectivity index (χ0v) is 19.4. The molecule has 0 saturated carbocycles. The fourth-order valence-corrected chi connectivity index (χ4v) is 5.32. The zero-order chi connectivity index (χ0) is 23.1. The smallest absolute Gasteiger partial charge is 0.407 e. The highest BCUT2D eigenvalue weighted by Crippen LogP contribution is 2.39. The Hall–Kier alpha value is -3.23. The highest BCUT2D eigenvalue weighted by Gasteiger charge is 2.33. The normalized spacial score (nSPS) is 15.8. The predicted molar refractivity (Wildman–Crippen MR) is 127 cm³/mol. The average Bonchev–Trinajstić information content (AvgIpc) is 3.22. The zero-order valence-electron chi connectivity index (χ0n) is 17.8. The number of rotatable bonds is 5. The number of anilines is 1. The fourth-order valence-electron chi connectivity index (χ4n) is 4.02. The number of amides is 2. The first-order chi connectivity index (χ1) is 15.9. The summed E-state index contributed by atoms with van der Waals surface area (Å²) in [5.74, 6) is 1.00. The Balaban J connectivity index is 1.34. The van der Waals surface area contributed by atoms with Crippen molar-refractivity contribution in [3.63, 3.8) is 0 Å². The van der Waals surface area contributed by atoms with Crippen molar-refractivity contribution in [1.82, 2.24) is 4.90 Å². The summed E-state index contributed by atoms with van der Waals surface area (Å²) in [5, 5.41) is 9.65. The molecule has 170 valence electrons. The highest BCUT2D eigenvalue weighted by atomic mass is 35.5. The summed E-state index contributed by atoms with van der Waals surface area (Å²) in [6.45, 7) is 1.21. The minimum absolute atomic E-state index is 0.0340. The van der Waals surface area contributed by atoms with Gasteiger partial charge in [-0.2, -0.15) is 0 Å². The number of methoxy groups -OCH3 is 1. The van der Waals surface area contributed by atoms with Crippen molar-refractivity contribution >= 4 is 40.6 Å². The molecule has 1 aromatic heterocycles. The van der Waals surface area contributed by atoms with Crippen LogP contribution in [0.3, 0.4) is 0 Å². The lowest BCUT2D eigenvalue weighted by Gasteiger charge is -2.37. The molecular formula is C24H21ClN2O5S. The molecule has 33 heavy (non-hydrogen) atoms. The van der Waals surface area contributed by atoms with Crippen molar-refractivity contribution in [3.8, 4) is 21.9 Å². The van der Waals surface area contributed by atoms with Crippen molar-refractivity contribution in [2.24, 2.45) is 0 Å². The van der Waals surface area contributed by atoms with Gasteiger partial charge in [0.25, 0.3) is 5.91 Å². The maximum atomic E-state index is 13.3. The third-order valence-corrected chi connectivity index (χ3v) is 7.32. The molecule has 2 aliphatic rings. The van der Waals surface area contributed by atoms with Gasteiger partial charge in [0.2, 0.25) is 0 Å². The number of fused-ring (bicyclic) bond motifs is 1. The first-order valence-electron chi connectivity index (χ1n) is 10.5. The molecule has 9 heteroatoms. The molecule has 1 saturated heterocycles. The average molecular weight is 485 g/mol. The number of hydrogen-bond donors (Lipinski definition) is 1.